The Morgan fingerprint density at radius 3 is 2.07 bits per heavy atom. The topological polar surface area (TPSA) is 94.8 Å². The van der Waals surface area contributed by atoms with Gasteiger partial charge in [-0.2, -0.15) is 0 Å². The number of hydrogen-bond acceptors (Lipinski definition) is 4. The van der Waals surface area contributed by atoms with Crippen LogP contribution in [0.4, 0.5) is 0 Å². The fourth-order valence-electron chi connectivity index (χ4n) is 3.69. The Morgan fingerprint density at radius 2 is 1.56 bits per heavy atom. The predicted molar refractivity (Wildman–Crippen MR) is 109 cm³/mol. The Bertz CT molecular complexity index is 421. The van der Waals surface area contributed by atoms with Crippen molar-refractivity contribution in [1.29, 1.82) is 0 Å². The quantitative estimate of drug-likeness (QED) is 0.321. The van der Waals surface area contributed by atoms with Crippen molar-refractivity contribution in [2.45, 2.75) is 103 Å². The summed E-state index contributed by atoms with van der Waals surface area (Å²) >= 11 is 0. The number of carbonyl (C=O) groups excluding carboxylic acids is 1. The fraction of sp³-hybridized carbons (Fsp3) is 0.818. The van der Waals surface area contributed by atoms with Gasteiger partial charge in [-0.25, -0.2) is 0 Å². The van der Waals surface area contributed by atoms with Crippen LogP contribution >= 0.6 is 0 Å². The SMILES string of the molecule is C=CCC1C(O)CC(O)[C@@H]1CCC(=O)CCCCCCC.CCCC(=O)O. The lowest BCUT2D eigenvalue weighted by atomic mass is 9.86. The van der Waals surface area contributed by atoms with E-state index in [0.29, 0.717) is 44.3 Å². The van der Waals surface area contributed by atoms with Gasteiger partial charge in [0.2, 0.25) is 0 Å². The molecule has 4 atom stereocenters. The molecule has 1 fully saturated rings. The lowest BCUT2D eigenvalue weighted by Crippen LogP contribution is -2.22. The molecule has 0 bridgehead atoms. The number of carboxylic acid groups (broad SMARTS) is 1. The van der Waals surface area contributed by atoms with Crippen LogP contribution in [0.15, 0.2) is 12.7 Å². The molecule has 1 rings (SSSR count). The third kappa shape index (κ3) is 12.0. The number of unbranched alkanes of at least 4 members (excludes halogenated alkanes) is 4. The minimum atomic E-state index is -0.711. The smallest absolute Gasteiger partial charge is 0.303 e. The van der Waals surface area contributed by atoms with Gasteiger partial charge in [0, 0.05) is 19.3 Å². The Labute approximate surface area is 164 Å². The molecular weight excluding hydrogens is 344 g/mol. The van der Waals surface area contributed by atoms with Crippen LogP contribution in [0, 0.1) is 11.8 Å². The molecule has 0 radical (unpaired) electrons. The molecule has 3 unspecified atom stereocenters. The van der Waals surface area contributed by atoms with Crippen molar-refractivity contribution in [3.8, 4) is 0 Å². The molecular formula is C22H40O5. The summed E-state index contributed by atoms with van der Waals surface area (Å²) in [4.78, 5) is 21.5. The first-order chi connectivity index (χ1) is 12.9. The number of aliphatic hydroxyl groups is 2. The maximum absolute atomic E-state index is 11.9. The molecule has 0 aromatic carbocycles. The van der Waals surface area contributed by atoms with Gasteiger partial charge in [0.15, 0.2) is 0 Å². The fourth-order valence-corrected chi connectivity index (χ4v) is 3.69. The number of ketones is 1. The van der Waals surface area contributed by atoms with Gasteiger partial charge >= 0.3 is 5.97 Å². The minimum Gasteiger partial charge on any atom is -0.481 e. The van der Waals surface area contributed by atoms with Gasteiger partial charge in [-0.3, -0.25) is 9.59 Å². The Kier molecular flexibility index (Phi) is 15.1. The van der Waals surface area contributed by atoms with Crippen LogP contribution in [0.1, 0.15) is 90.9 Å². The van der Waals surface area contributed by atoms with E-state index < -0.39 is 18.2 Å². The summed E-state index contributed by atoms with van der Waals surface area (Å²) in [6, 6.07) is 0. The van der Waals surface area contributed by atoms with Crippen molar-refractivity contribution < 1.29 is 24.9 Å². The average Bonchev–Trinajstić information content (AvgIpc) is 2.87. The van der Waals surface area contributed by atoms with Gasteiger partial charge in [0.05, 0.1) is 12.2 Å². The molecule has 1 aliphatic carbocycles. The third-order valence-electron chi connectivity index (χ3n) is 5.24. The molecule has 0 amide bonds. The van der Waals surface area contributed by atoms with E-state index in [-0.39, 0.29) is 11.8 Å². The van der Waals surface area contributed by atoms with Crippen LogP contribution in [0.25, 0.3) is 0 Å². The van der Waals surface area contributed by atoms with E-state index in [0.717, 1.165) is 19.3 Å². The molecule has 158 valence electrons. The molecule has 0 aliphatic heterocycles. The van der Waals surface area contributed by atoms with Gasteiger partial charge in [-0.05, 0) is 43.9 Å². The van der Waals surface area contributed by atoms with Crippen LogP contribution < -0.4 is 0 Å². The Morgan fingerprint density at radius 1 is 0.926 bits per heavy atom. The maximum atomic E-state index is 11.9. The number of carbonyl (C=O) groups is 2. The number of Topliss-reactive ketones (excluding diaryl/α,β-unsaturated/α-hetero) is 1. The van der Waals surface area contributed by atoms with E-state index in [1.54, 1.807) is 6.08 Å². The number of carboxylic acids is 1. The average molecular weight is 385 g/mol. The second kappa shape index (κ2) is 15.8. The van der Waals surface area contributed by atoms with Crippen LogP contribution in [0.5, 0.6) is 0 Å². The van der Waals surface area contributed by atoms with Gasteiger partial charge in [0.25, 0.3) is 0 Å². The zero-order chi connectivity index (χ0) is 20.7. The van der Waals surface area contributed by atoms with Crippen molar-refractivity contribution in [3.63, 3.8) is 0 Å². The van der Waals surface area contributed by atoms with Crippen molar-refractivity contribution in [1.82, 2.24) is 0 Å². The monoisotopic (exact) mass is 384 g/mol. The van der Waals surface area contributed by atoms with Gasteiger partial charge in [0.1, 0.15) is 5.78 Å². The molecule has 0 heterocycles. The number of aliphatic hydroxyl groups excluding tert-OH is 2. The first-order valence-corrected chi connectivity index (χ1v) is 10.6. The molecule has 3 N–H and O–H groups in total. The van der Waals surface area contributed by atoms with Crippen molar-refractivity contribution in [2.75, 3.05) is 0 Å². The second-order valence-electron chi connectivity index (χ2n) is 7.61. The van der Waals surface area contributed by atoms with Crippen molar-refractivity contribution >= 4 is 11.8 Å². The minimum absolute atomic E-state index is 0.0436. The van der Waals surface area contributed by atoms with E-state index in [4.69, 9.17) is 5.11 Å². The van der Waals surface area contributed by atoms with Crippen LogP contribution in [0.2, 0.25) is 0 Å². The number of allylic oxidation sites excluding steroid dienone is 1. The molecule has 0 saturated heterocycles. The van der Waals surface area contributed by atoms with E-state index in [1.807, 2.05) is 6.92 Å². The second-order valence-corrected chi connectivity index (χ2v) is 7.61. The summed E-state index contributed by atoms with van der Waals surface area (Å²) in [5, 5.41) is 27.9. The van der Waals surface area contributed by atoms with Crippen molar-refractivity contribution in [3.05, 3.63) is 12.7 Å². The van der Waals surface area contributed by atoms with Crippen LogP contribution in [-0.2, 0) is 9.59 Å². The lowest BCUT2D eigenvalue weighted by Gasteiger charge is -2.22. The largest absolute Gasteiger partial charge is 0.481 e. The third-order valence-corrected chi connectivity index (χ3v) is 5.24. The Balaban J connectivity index is 0.000000972. The van der Waals surface area contributed by atoms with Crippen molar-refractivity contribution in [2.24, 2.45) is 11.8 Å². The molecule has 0 aromatic heterocycles. The molecule has 0 aromatic rings. The number of aliphatic carboxylic acids is 1. The standard InChI is InChI=1S/C18H32O3.C4H8O2/c1-3-5-6-7-8-10-14(19)11-12-16-15(9-4-2)17(20)13-18(16)21;1-2-3-4(5)6/h4,15-18,20-21H,2-3,5-13H2,1H3;2-3H2,1H3,(H,5,6)/t15?,16-,17?,18?;/m1./s1. The molecule has 0 spiro atoms. The van der Waals surface area contributed by atoms with E-state index in [9.17, 15) is 19.8 Å². The number of rotatable bonds is 13. The predicted octanol–water partition coefficient (Wildman–Crippen LogP) is 4.50. The first kappa shape index (κ1) is 25.8. The van der Waals surface area contributed by atoms with Crippen LogP contribution in [0.3, 0.4) is 0 Å². The van der Waals surface area contributed by atoms with E-state index in [2.05, 4.69) is 13.5 Å². The van der Waals surface area contributed by atoms with E-state index >= 15 is 0 Å². The van der Waals surface area contributed by atoms with Gasteiger partial charge in [-0.1, -0.05) is 45.6 Å². The highest BCUT2D eigenvalue weighted by Crippen LogP contribution is 2.38. The maximum Gasteiger partial charge on any atom is 0.303 e. The lowest BCUT2D eigenvalue weighted by molar-refractivity contribution is -0.137. The van der Waals surface area contributed by atoms with Gasteiger partial charge in [-0.15, -0.1) is 6.58 Å². The molecule has 1 aliphatic rings. The van der Waals surface area contributed by atoms with Crippen LogP contribution in [-0.4, -0.2) is 39.3 Å². The summed E-state index contributed by atoms with van der Waals surface area (Å²) in [5.74, 6) is -0.299. The molecule has 5 heteroatoms. The summed E-state index contributed by atoms with van der Waals surface area (Å²) in [5.41, 5.74) is 0. The summed E-state index contributed by atoms with van der Waals surface area (Å²) in [6.45, 7) is 7.75. The first-order valence-electron chi connectivity index (χ1n) is 10.6. The molecule has 1 saturated carbocycles. The highest BCUT2D eigenvalue weighted by Gasteiger charge is 2.40. The summed E-state index contributed by atoms with van der Waals surface area (Å²) in [7, 11) is 0. The summed E-state index contributed by atoms with van der Waals surface area (Å²) in [6.07, 6.45) is 10.8. The summed E-state index contributed by atoms with van der Waals surface area (Å²) < 4.78 is 0. The van der Waals surface area contributed by atoms with E-state index in [1.165, 1.54) is 19.3 Å². The Hall–Kier alpha value is -1.20. The number of hydrogen-bond donors (Lipinski definition) is 3. The normalized spacial score (nSPS) is 24.1. The highest BCUT2D eigenvalue weighted by atomic mass is 16.4. The molecule has 5 nitrogen and oxygen atoms in total. The zero-order valence-corrected chi connectivity index (χ0v) is 17.2. The zero-order valence-electron chi connectivity index (χ0n) is 17.2. The highest BCUT2D eigenvalue weighted by molar-refractivity contribution is 5.78. The van der Waals surface area contributed by atoms with Gasteiger partial charge < -0.3 is 15.3 Å². The molecule has 27 heavy (non-hydrogen) atoms.